The summed E-state index contributed by atoms with van der Waals surface area (Å²) >= 11 is 11.5. The summed E-state index contributed by atoms with van der Waals surface area (Å²) in [5, 5.41) is 10.8. The molecule has 1 aromatic rings. The van der Waals surface area contributed by atoms with Crippen molar-refractivity contribution in [2.24, 2.45) is 0 Å². The average Bonchev–Trinajstić information content (AvgIpc) is 2.18. The maximum absolute atomic E-state index is 10.8. The monoisotopic (exact) mass is 313 g/mol. The summed E-state index contributed by atoms with van der Waals surface area (Å²) in [4.78, 5) is 10.0. The molecule has 0 heterocycles. The van der Waals surface area contributed by atoms with Crippen LogP contribution >= 0.6 is 23.2 Å². The maximum atomic E-state index is 10.8. The van der Waals surface area contributed by atoms with Crippen molar-refractivity contribution in [3.8, 4) is 0 Å². The van der Waals surface area contributed by atoms with E-state index >= 15 is 0 Å². The third-order valence-electron chi connectivity index (χ3n) is 1.98. The largest absolute Gasteiger partial charge is 0.288 e. The molecule has 100 valence electrons. The lowest BCUT2D eigenvalue weighted by molar-refractivity contribution is -0.384. The minimum absolute atomic E-state index is 0.0715. The first kappa shape index (κ1) is 15.2. The fourth-order valence-corrected chi connectivity index (χ4v) is 2.15. The summed E-state index contributed by atoms with van der Waals surface area (Å²) in [6, 6.07) is 2.45. The third-order valence-corrected chi connectivity index (χ3v) is 3.23. The second-order valence-corrected chi connectivity index (χ2v) is 5.89. The maximum Gasteiger partial charge on any atom is 0.288 e. The van der Waals surface area contributed by atoms with E-state index in [-0.39, 0.29) is 28.8 Å². The zero-order valence-electron chi connectivity index (χ0n) is 9.22. The van der Waals surface area contributed by atoms with E-state index in [4.69, 9.17) is 23.2 Å². The molecule has 0 amide bonds. The van der Waals surface area contributed by atoms with E-state index in [1.807, 2.05) is 0 Å². The number of hydrogen-bond donors (Lipinski definition) is 0. The third kappa shape index (κ3) is 4.41. The number of hydrogen-bond acceptors (Lipinski definition) is 5. The van der Waals surface area contributed by atoms with E-state index < -0.39 is 15.0 Å². The predicted octanol–water partition coefficient (Wildman–Crippen LogP) is 2.42. The molecule has 0 fully saturated rings. The molecule has 0 saturated heterocycles. The average molecular weight is 314 g/mol. The molecule has 0 N–H and O–H groups in total. The van der Waals surface area contributed by atoms with Gasteiger partial charge >= 0.3 is 0 Å². The van der Waals surface area contributed by atoms with Crippen molar-refractivity contribution >= 4 is 39.0 Å². The van der Waals surface area contributed by atoms with Crippen LogP contribution in [0.15, 0.2) is 12.1 Å². The van der Waals surface area contributed by atoms with Gasteiger partial charge in [0.2, 0.25) is 0 Å². The topological polar surface area (TPSA) is 86.5 Å². The summed E-state index contributed by atoms with van der Waals surface area (Å²) in [5.41, 5.74) is 0.117. The van der Waals surface area contributed by atoms with Crippen LogP contribution in [0.1, 0.15) is 5.56 Å². The lowest BCUT2D eigenvalue weighted by Crippen LogP contribution is -2.06. The van der Waals surface area contributed by atoms with Crippen LogP contribution in [0, 0.1) is 10.1 Å². The van der Waals surface area contributed by atoms with Crippen LogP contribution in [0.5, 0.6) is 0 Å². The van der Waals surface area contributed by atoms with Gasteiger partial charge < -0.3 is 0 Å². The van der Waals surface area contributed by atoms with Crippen molar-refractivity contribution in [2.45, 2.75) is 6.42 Å². The molecule has 1 aromatic carbocycles. The highest BCUT2D eigenvalue weighted by molar-refractivity contribution is 7.85. The molecule has 0 saturated carbocycles. The lowest BCUT2D eigenvalue weighted by Gasteiger charge is -2.05. The number of halogens is 2. The molecule has 6 nitrogen and oxygen atoms in total. The summed E-state index contributed by atoms with van der Waals surface area (Å²) in [5.74, 6) is 0. The zero-order chi connectivity index (χ0) is 13.9. The van der Waals surface area contributed by atoms with Crippen molar-refractivity contribution in [1.82, 2.24) is 0 Å². The molecule has 0 aliphatic carbocycles. The molecule has 9 heteroatoms. The van der Waals surface area contributed by atoms with Crippen LogP contribution in [-0.2, 0) is 20.7 Å². The van der Waals surface area contributed by atoms with E-state index in [0.29, 0.717) is 5.56 Å². The Balaban J connectivity index is 2.89. The molecule has 0 radical (unpaired) electrons. The Hall–Kier alpha value is -0.890. The Morgan fingerprint density at radius 1 is 1.33 bits per heavy atom. The number of nitro groups is 1. The highest BCUT2D eigenvalue weighted by atomic mass is 35.5. The highest BCUT2D eigenvalue weighted by Crippen LogP contribution is 2.31. The lowest BCUT2D eigenvalue weighted by atomic mass is 10.1. The van der Waals surface area contributed by atoms with Gasteiger partial charge in [0.05, 0.1) is 17.8 Å². The van der Waals surface area contributed by atoms with Gasteiger partial charge in [-0.2, -0.15) is 8.42 Å². The van der Waals surface area contributed by atoms with Crippen LogP contribution < -0.4 is 0 Å². The molecule has 0 spiro atoms. The summed E-state index contributed by atoms with van der Waals surface area (Å²) in [7, 11) is -3.54. The Labute approximate surface area is 114 Å². The Morgan fingerprint density at radius 3 is 2.44 bits per heavy atom. The van der Waals surface area contributed by atoms with Crippen LogP contribution in [-0.4, -0.2) is 26.2 Å². The first-order valence-corrected chi connectivity index (χ1v) is 7.24. The van der Waals surface area contributed by atoms with Crippen LogP contribution in [0.2, 0.25) is 10.0 Å². The second-order valence-electron chi connectivity index (χ2n) is 3.43. The van der Waals surface area contributed by atoms with Crippen LogP contribution in [0.3, 0.4) is 0 Å². The van der Waals surface area contributed by atoms with E-state index in [1.165, 1.54) is 12.1 Å². The SMILES string of the molecule is CS(=O)(=O)OCCc1cc([N+](=O)[O-])c(Cl)cc1Cl. The molecule has 0 atom stereocenters. The van der Waals surface area contributed by atoms with Crippen molar-refractivity contribution in [3.05, 3.63) is 37.9 Å². The van der Waals surface area contributed by atoms with Crippen LogP contribution in [0.4, 0.5) is 5.69 Å². The van der Waals surface area contributed by atoms with Gasteiger partial charge in [0.1, 0.15) is 5.02 Å². The van der Waals surface area contributed by atoms with Gasteiger partial charge in [-0.25, -0.2) is 0 Å². The first-order chi connectivity index (χ1) is 8.20. The molecule has 0 bridgehead atoms. The number of rotatable bonds is 5. The number of nitro benzene ring substituents is 1. The Kier molecular flexibility index (Phi) is 4.92. The minimum Gasteiger partial charge on any atom is -0.270 e. The molecule has 0 aromatic heterocycles. The van der Waals surface area contributed by atoms with Gasteiger partial charge in [-0.15, -0.1) is 0 Å². The van der Waals surface area contributed by atoms with Gasteiger partial charge in [0.25, 0.3) is 15.8 Å². The van der Waals surface area contributed by atoms with E-state index in [9.17, 15) is 18.5 Å². The van der Waals surface area contributed by atoms with Crippen molar-refractivity contribution in [1.29, 1.82) is 0 Å². The smallest absolute Gasteiger partial charge is 0.270 e. The van der Waals surface area contributed by atoms with Gasteiger partial charge in [-0.3, -0.25) is 14.3 Å². The van der Waals surface area contributed by atoms with Crippen LogP contribution in [0.25, 0.3) is 0 Å². The van der Waals surface area contributed by atoms with Crippen molar-refractivity contribution in [3.63, 3.8) is 0 Å². The quantitative estimate of drug-likeness (QED) is 0.473. The normalized spacial score (nSPS) is 11.5. The van der Waals surface area contributed by atoms with E-state index in [2.05, 4.69) is 4.18 Å². The van der Waals surface area contributed by atoms with Gasteiger partial charge in [0.15, 0.2) is 0 Å². The fraction of sp³-hybridized carbons (Fsp3) is 0.333. The zero-order valence-corrected chi connectivity index (χ0v) is 11.5. The predicted molar refractivity (Wildman–Crippen MR) is 67.6 cm³/mol. The molecular weight excluding hydrogens is 305 g/mol. The van der Waals surface area contributed by atoms with Crippen molar-refractivity contribution in [2.75, 3.05) is 12.9 Å². The highest BCUT2D eigenvalue weighted by Gasteiger charge is 2.16. The van der Waals surface area contributed by atoms with E-state index in [1.54, 1.807) is 0 Å². The first-order valence-electron chi connectivity index (χ1n) is 4.67. The summed E-state index contributed by atoms with van der Waals surface area (Å²) in [6.07, 6.45) is 1.04. The van der Waals surface area contributed by atoms with E-state index in [0.717, 1.165) is 6.26 Å². The molecule has 1 rings (SSSR count). The number of benzene rings is 1. The minimum atomic E-state index is -3.54. The number of nitrogens with zero attached hydrogens (tertiary/aromatic N) is 1. The standard InChI is InChI=1S/C9H9Cl2NO5S/c1-18(15,16)17-3-2-6-4-9(12(13)14)8(11)5-7(6)10/h4-5H,2-3H2,1H3. The Bertz CT molecular complexity index is 573. The second kappa shape index (κ2) is 5.83. The molecular formula is C9H9Cl2NO5S. The fourth-order valence-electron chi connectivity index (χ4n) is 1.22. The van der Waals surface area contributed by atoms with Crippen molar-refractivity contribution < 1.29 is 17.5 Å². The molecule has 0 unspecified atom stereocenters. The molecule has 18 heavy (non-hydrogen) atoms. The summed E-state index contributed by atoms with van der Waals surface area (Å²) in [6.45, 7) is -0.142. The van der Waals surface area contributed by atoms with Gasteiger partial charge in [-0.05, 0) is 18.1 Å². The van der Waals surface area contributed by atoms with Gasteiger partial charge in [0, 0.05) is 11.1 Å². The van der Waals surface area contributed by atoms with Gasteiger partial charge in [-0.1, -0.05) is 23.2 Å². The Morgan fingerprint density at radius 2 is 1.94 bits per heavy atom. The molecule has 0 aliphatic rings. The summed E-state index contributed by atoms with van der Waals surface area (Å²) < 4.78 is 26.0. The molecule has 0 aliphatic heterocycles.